The minimum Gasteiger partial charge on any atom is -0.357 e. The molecule has 1 fully saturated rings. The van der Waals surface area contributed by atoms with Crippen LogP contribution in [-0.4, -0.2) is 24.0 Å². The van der Waals surface area contributed by atoms with Gasteiger partial charge in [-0.05, 0) is 55.0 Å². The first kappa shape index (κ1) is 16.5. The van der Waals surface area contributed by atoms with E-state index in [2.05, 4.69) is 40.3 Å². The summed E-state index contributed by atoms with van der Waals surface area (Å²) in [7, 11) is 0. The largest absolute Gasteiger partial charge is 0.357 e. The van der Waals surface area contributed by atoms with Gasteiger partial charge in [0, 0.05) is 32.3 Å². The van der Waals surface area contributed by atoms with E-state index in [4.69, 9.17) is 0 Å². The Balaban J connectivity index is 1.49. The molecule has 126 valence electrons. The number of hydrogen-bond donors (Lipinski definition) is 1. The fourth-order valence-electron chi connectivity index (χ4n) is 3.08. The van der Waals surface area contributed by atoms with E-state index in [1.54, 1.807) is 0 Å². The zero-order valence-electron chi connectivity index (χ0n) is 14.3. The van der Waals surface area contributed by atoms with E-state index in [0.717, 1.165) is 25.3 Å². The minimum absolute atomic E-state index is 0.0952. The Morgan fingerprint density at radius 3 is 2.79 bits per heavy atom. The van der Waals surface area contributed by atoms with Crippen LogP contribution in [0.15, 0.2) is 42.6 Å². The van der Waals surface area contributed by atoms with Gasteiger partial charge in [0.1, 0.15) is 5.82 Å². The lowest BCUT2D eigenvalue weighted by atomic mass is 10.1. The molecule has 2 aromatic rings. The van der Waals surface area contributed by atoms with Gasteiger partial charge in [0.2, 0.25) is 5.91 Å². The summed E-state index contributed by atoms with van der Waals surface area (Å²) in [6.45, 7) is 4.85. The summed E-state index contributed by atoms with van der Waals surface area (Å²) < 4.78 is 0. The van der Waals surface area contributed by atoms with E-state index in [1.165, 1.54) is 29.5 Å². The van der Waals surface area contributed by atoms with Gasteiger partial charge in [-0.25, -0.2) is 4.98 Å². The zero-order chi connectivity index (χ0) is 16.8. The Bertz CT molecular complexity index is 693. The molecular formula is C20H25N3O. The van der Waals surface area contributed by atoms with Gasteiger partial charge < -0.3 is 10.2 Å². The fraction of sp³-hybridized carbons (Fsp3) is 0.400. The molecule has 0 unspecified atom stereocenters. The summed E-state index contributed by atoms with van der Waals surface area (Å²) in [4.78, 5) is 18.9. The van der Waals surface area contributed by atoms with Crippen LogP contribution in [0.1, 0.15) is 36.0 Å². The van der Waals surface area contributed by atoms with Crippen molar-refractivity contribution in [1.82, 2.24) is 10.3 Å². The molecule has 1 aromatic carbocycles. The number of hydrogen-bond acceptors (Lipinski definition) is 3. The average molecular weight is 323 g/mol. The molecular weight excluding hydrogens is 298 g/mol. The summed E-state index contributed by atoms with van der Waals surface area (Å²) in [5, 5.41) is 3.01. The monoisotopic (exact) mass is 323 g/mol. The maximum absolute atomic E-state index is 12.1. The van der Waals surface area contributed by atoms with Crippen LogP contribution in [-0.2, 0) is 17.8 Å². The van der Waals surface area contributed by atoms with Gasteiger partial charge in [-0.15, -0.1) is 0 Å². The van der Waals surface area contributed by atoms with Crippen LogP contribution in [0, 0.1) is 6.92 Å². The highest BCUT2D eigenvalue weighted by Crippen LogP contribution is 2.19. The number of pyridine rings is 1. The number of nitrogens with zero attached hydrogens (tertiary/aromatic N) is 2. The normalized spacial score (nSPS) is 14.0. The van der Waals surface area contributed by atoms with Crippen molar-refractivity contribution < 1.29 is 4.79 Å². The second kappa shape index (κ2) is 7.95. The van der Waals surface area contributed by atoms with Crippen LogP contribution in [0.3, 0.4) is 0 Å². The molecule has 4 nitrogen and oxygen atoms in total. The van der Waals surface area contributed by atoms with Crippen LogP contribution in [0.4, 0.5) is 5.82 Å². The van der Waals surface area contributed by atoms with E-state index < -0.39 is 0 Å². The second-order valence-corrected chi connectivity index (χ2v) is 6.42. The third-order valence-corrected chi connectivity index (χ3v) is 4.62. The maximum Gasteiger partial charge on any atom is 0.220 e. The maximum atomic E-state index is 12.1. The number of carbonyl (C=O) groups is 1. The summed E-state index contributed by atoms with van der Waals surface area (Å²) >= 11 is 0. The van der Waals surface area contributed by atoms with Crippen LogP contribution in [0.5, 0.6) is 0 Å². The van der Waals surface area contributed by atoms with Gasteiger partial charge in [0.25, 0.3) is 0 Å². The molecule has 24 heavy (non-hydrogen) atoms. The predicted molar refractivity (Wildman–Crippen MR) is 97.0 cm³/mol. The first-order valence-corrected chi connectivity index (χ1v) is 8.73. The lowest BCUT2D eigenvalue weighted by Crippen LogP contribution is -2.23. The first-order chi connectivity index (χ1) is 11.7. The molecule has 1 saturated heterocycles. The van der Waals surface area contributed by atoms with Crippen LogP contribution >= 0.6 is 0 Å². The topological polar surface area (TPSA) is 45.2 Å². The number of nitrogens with one attached hydrogen (secondary N) is 1. The zero-order valence-corrected chi connectivity index (χ0v) is 14.3. The van der Waals surface area contributed by atoms with Gasteiger partial charge >= 0.3 is 0 Å². The van der Waals surface area contributed by atoms with Crippen molar-refractivity contribution in [3.8, 4) is 0 Å². The van der Waals surface area contributed by atoms with Crippen molar-refractivity contribution in [3.05, 3.63) is 59.3 Å². The molecule has 1 N–H and O–H groups in total. The Labute approximate surface area is 143 Å². The Morgan fingerprint density at radius 2 is 2.00 bits per heavy atom. The van der Waals surface area contributed by atoms with Crippen molar-refractivity contribution >= 4 is 11.7 Å². The Kier molecular flexibility index (Phi) is 5.47. The molecule has 0 bridgehead atoms. The van der Waals surface area contributed by atoms with Gasteiger partial charge in [-0.2, -0.15) is 0 Å². The second-order valence-electron chi connectivity index (χ2n) is 6.42. The lowest BCUT2D eigenvalue weighted by Gasteiger charge is -2.16. The highest BCUT2D eigenvalue weighted by atomic mass is 16.1. The van der Waals surface area contributed by atoms with E-state index in [9.17, 15) is 4.79 Å². The molecule has 2 heterocycles. The minimum atomic E-state index is 0.0952. The van der Waals surface area contributed by atoms with Crippen LogP contribution in [0.2, 0.25) is 0 Å². The molecule has 3 rings (SSSR count). The smallest absolute Gasteiger partial charge is 0.220 e. The third-order valence-electron chi connectivity index (χ3n) is 4.62. The molecule has 0 aliphatic carbocycles. The number of carbonyl (C=O) groups excluding carboxylic acids is 1. The fourth-order valence-corrected chi connectivity index (χ4v) is 3.08. The standard InChI is InChI=1S/C20H25N3O/c1-16-6-2-3-7-18(16)15-22-20(24)9-8-17-10-11-21-19(14-17)23-12-4-5-13-23/h2-3,6-7,10-11,14H,4-5,8-9,12-13,15H2,1H3,(H,22,24). The van der Waals surface area contributed by atoms with Crippen molar-refractivity contribution in [2.45, 2.75) is 39.2 Å². The molecule has 1 amide bonds. The summed E-state index contributed by atoms with van der Waals surface area (Å²) in [6.07, 6.45) is 5.60. The average Bonchev–Trinajstić information content (AvgIpc) is 3.14. The molecule has 1 aliphatic heterocycles. The van der Waals surface area contributed by atoms with Gasteiger partial charge in [0.15, 0.2) is 0 Å². The van der Waals surface area contributed by atoms with E-state index >= 15 is 0 Å². The molecule has 1 aromatic heterocycles. The van der Waals surface area contributed by atoms with Crippen molar-refractivity contribution in [3.63, 3.8) is 0 Å². The molecule has 1 aliphatic rings. The highest BCUT2D eigenvalue weighted by molar-refractivity contribution is 5.76. The van der Waals surface area contributed by atoms with Gasteiger partial charge in [-0.3, -0.25) is 4.79 Å². The molecule has 0 atom stereocenters. The molecule has 0 radical (unpaired) electrons. The summed E-state index contributed by atoms with van der Waals surface area (Å²) in [5.41, 5.74) is 3.56. The quantitative estimate of drug-likeness (QED) is 0.887. The van der Waals surface area contributed by atoms with Gasteiger partial charge in [-0.1, -0.05) is 24.3 Å². The first-order valence-electron chi connectivity index (χ1n) is 8.73. The molecule has 0 spiro atoms. The van der Waals surface area contributed by atoms with E-state index in [-0.39, 0.29) is 5.91 Å². The lowest BCUT2D eigenvalue weighted by molar-refractivity contribution is -0.121. The predicted octanol–water partition coefficient (Wildman–Crippen LogP) is 3.24. The van der Waals surface area contributed by atoms with Crippen LogP contribution in [0.25, 0.3) is 0 Å². The summed E-state index contributed by atoms with van der Waals surface area (Å²) in [6, 6.07) is 12.3. The van der Waals surface area contributed by atoms with Crippen molar-refractivity contribution in [1.29, 1.82) is 0 Å². The van der Waals surface area contributed by atoms with E-state index in [1.807, 2.05) is 24.4 Å². The molecule has 0 saturated carbocycles. The Morgan fingerprint density at radius 1 is 1.21 bits per heavy atom. The van der Waals surface area contributed by atoms with E-state index in [0.29, 0.717) is 13.0 Å². The number of anilines is 1. The van der Waals surface area contributed by atoms with Gasteiger partial charge in [0.05, 0.1) is 0 Å². The highest BCUT2D eigenvalue weighted by Gasteiger charge is 2.13. The number of aryl methyl sites for hydroxylation is 2. The summed E-state index contributed by atoms with van der Waals surface area (Å²) in [5.74, 6) is 1.14. The SMILES string of the molecule is Cc1ccccc1CNC(=O)CCc1ccnc(N2CCCC2)c1. The van der Waals surface area contributed by atoms with Crippen molar-refractivity contribution in [2.24, 2.45) is 0 Å². The Hall–Kier alpha value is -2.36. The molecule has 4 heteroatoms. The number of aromatic nitrogens is 1. The van der Waals surface area contributed by atoms with Crippen LogP contribution < -0.4 is 10.2 Å². The van der Waals surface area contributed by atoms with Crippen molar-refractivity contribution in [2.75, 3.05) is 18.0 Å². The number of benzene rings is 1. The number of amides is 1. The third kappa shape index (κ3) is 4.34. The number of rotatable bonds is 6.